The average Bonchev–Trinajstić information content (AvgIpc) is 2.46. The third-order valence-electron chi connectivity index (χ3n) is 2.60. The molecule has 0 radical (unpaired) electrons. The Labute approximate surface area is 122 Å². The van der Waals surface area contributed by atoms with Crippen LogP contribution < -0.4 is 9.47 Å². The zero-order valence-corrected chi connectivity index (χ0v) is 12.8. The summed E-state index contributed by atoms with van der Waals surface area (Å²) in [5, 5.41) is 0. The molecule has 0 N–H and O–H groups in total. The van der Waals surface area contributed by atoms with Gasteiger partial charge in [-0.25, -0.2) is 0 Å². The highest BCUT2D eigenvalue weighted by molar-refractivity contribution is 5.28. The summed E-state index contributed by atoms with van der Waals surface area (Å²) in [6.45, 7) is 9.21. The second-order valence-corrected chi connectivity index (χ2v) is 4.33. The summed E-state index contributed by atoms with van der Waals surface area (Å²) in [6, 6.07) is 16.0. The maximum atomic E-state index is 5.61. The van der Waals surface area contributed by atoms with Crippen LogP contribution in [0.4, 0.5) is 0 Å². The SMILES string of the molecule is CC.Cc1cccc(OCCOc2cccc(C)c2)c1. The summed E-state index contributed by atoms with van der Waals surface area (Å²) in [7, 11) is 0. The maximum Gasteiger partial charge on any atom is 0.122 e. The van der Waals surface area contributed by atoms with E-state index in [9.17, 15) is 0 Å². The Bertz CT molecular complexity index is 459. The molecule has 0 fully saturated rings. The first kappa shape index (κ1) is 16.1. The Hall–Kier alpha value is -1.96. The summed E-state index contributed by atoms with van der Waals surface area (Å²) in [6.07, 6.45) is 0. The molecule has 2 aromatic carbocycles. The lowest BCUT2D eigenvalue weighted by atomic mass is 10.2. The molecule has 0 unspecified atom stereocenters. The van der Waals surface area contributed by atoms with E-state index in [0.717, 1.165) is 11.5 Å². The number of aryl methyl sites for hydroxylation is 2. The van der Waals surface area contributed by atoms with Crippen LogP contribution in [0, 0.1) is 13.8 Å². The fraction of sp³-hybridized carbons (Fsp3) is 0.333. The summed E-state index contributed by atoms with van der Waals surface area (Å²) in [5.74, 6) is 1.78. The van der Waals surface area contributed by atoms with E-state index in [-0.39, 0.29) is 0 Å². The molecule has 108 valence electrons. The van der Waals surface area contributed by atoms with E-state index in [1.807, 2.05) is 50.2 Å². The van der Waals surface area contributed by atoms with Gasteiger partial charge in [-0.3, -0.25) is 0 Å². The van der Waals surface area contributed by atoms with Gasteiger partial charge in [0.1, 0.15) is 24.7 Å². The highest BCUT2D eigenvalue weighted by Crippen LogP contribution is 2.14. The van der Waals surface area contributed by atoms with Crippen LogP contribution in [0.25, 0.3) is 0 Å². The summed E-state index contributed by atoms with van der Waals surface area (Å²) >= 11 is 0. The van der Waals surface area contributed by atoms with Crippen LogP contribution in [0.15, 0.2) is 48.5 Å². The zero-order chi connectivity index (χ0) is 14.8. The molecule has 2 aromatic rings. The first-order valence-corrected chi connectivity index (χ1v) is 7.13. The number of benzene rings is 2. The highest BCUT2D eigenvalue weighted by Gasteiger charge is 1.96. The van der Waals surface area contributed by atoms with E-state index in [1.54, 1.807) is 0 Å². The van der Waals surface area contributed by atoms with Gasteiger partial charge in [0.25, 0.3) is 0 Å². The van der Waals surface area contributed by atoms with Gasteiger partial charge in [0.05, 0.1) is 0 Å². The van der Waals surface area contributed by atoms with Crippen molar-refractivity contribution in [3.63, 3.8) is 0 Å². The summed E-state index contributed by atoms with van der Waals surface area (Å²) in [4.78, 5) is 0. The second-order valence-electron chi connectivity index (χ2n) is 4.33. The smallest absolute Gasteiger partial charge is 0.122 e. The minimum absolute atomic E-state index is 0.553. The molecule has 0 bridgehead atoms. The van der Waals surface area contributed by atoms with Gasteiger partial charge in [0.15, 0.2) is 0 Å². The monoisotopic (exact) mass is 272 g/mol. The number of hydrogen-bond donors (Lipinski definition) is 0. The molecule has 0 atom stereocenters. The standard InChI is InChI=1S/C16H18O2.C2H6/c1-13-5-3-7-15(11-13)17-9-10-18-16-8-4-6-14(2)12-16;1-2/h3-8,11-12H,9-10H2,1-2H3;1-2H3. The molecule has 2 rings (SSSR count). The summed E-state index contributed by atoms with van der Waals surface area (Å²) < 4.78 is 11.2. The Morgan fingerprint density at radius 2 is 1.10 bits per heavy atom. The van der Waals surface area contributed by atoms with Gasteiger partial charge < -0.3 is 9.47 Å². The van der Waals surface area contributed by atoms with Crippen molar-refractivity contribution < 1.29 is 9.47 Å². The van der Waals surface area contributed by atoms with Crippen LogP contribution in [0.5, 0.6) is 11.5 Å². The molecule has 2 heteroatoms. The van der Waals surface area contributed by atoms with Crippen molar-refractivity contribution in [2.45, 2.75) is 27.7 Å². The van der Waals surface area contributed by atoms with Crippen molar-refractivity contribution in [2.75, 3.05) is 13.2 Å². The first-order valence-electron chi connectivity index (χ1n) is 7.13. The lowest BCUT2D eigenvalue weighted by molar-refractivity contribution is 0.217. The molecule has 0 amide bonds. The van der Waals surface area contributed by atoms with Gasteiger partial charge >= 0.3 is 0 Å². The van der Waals surface area contributed by atoms with Crippen LogP contribution in [-0.4, -0.2) is 13.2 Å². The van der Waals surface area contributed by atoms with Crippen molar-refractivity contribution >= 4 is 0 Å². The summed E-state index contributed by atoms with van der Waals surface area (Å²) in [5.41, 5.74) is 2.40. The molecule has 0 aliphatic rings. The molecule has 2 nitrogen and oxygen atoms in total. The van der Waals surface area contributed by atoms with E-state index in [2.05, 4.69) is 26.0 Å². The predicted octanol–water partition coefficient (Wildman–Crippen LogP) is 4.79. The quantitative estimate of drug-likeness (QED) is 0.729. The Kier molecular flexibility index (Phi) is 7.26. The van der Waals surface area contributed by atoms with Crippen LogP contribution in [0.1, 0.15) is 25.0 Å². The topological polar surface area (TPSA) is 18.5 Å². The van der Waals surface area contributed by atoms with Crippen molar-refractivity contribution in [2.24, 2.45) is 0 Å². The third-order valence-corrected chi connectivity index (χ3v) is 2.60. The fourth-order valence-corrected chi connectivity index (χ4v) is 1.73. The molecule has 0 saturated carbocycles. The van der Waals surface area contributed by atoms with E-state index in [4.69, 9.17) is 9.47 Å². The molecule has 0 aliphatic carbocycles. The van der Waals surface area contributed by atoms with Crippen LogP contribution in [-0.2, 0) is 0 Å². The molecule has 0 spiro atoms. The zero-order valence-electron chi connectivity index (χ0n) is 12.8. The maximum absolute atomic E-state index is 5.61. The van der Waals surface area contributed by atoms with Crippen molar-refractivity contribution in [1.82, 2.24) is 0 Å². The molecule has 0 aromatic heterocycles. The van der Waals surface area contributed by atoms with Gasteiger partial charge in [-0.1, -0.05) is 38.1 Å². The minimum atomic E-state index is 0.553. The van der Waals surface area contributed by atoms with Crippen molar-refractivity contribution in [1.29, 1.82) is 0 Å². The van der Waals surface area contributed by atoms with Crippen molar-refractivity contribution in [3.8, 4) is 11.5 Å². The van der Waals surface area contributed by atoms with E-state index in [0.29, 0.717) is 13.2 Å². The second kappa shape index (κ2) is 9.03. The van der Waals surface area contributed by atoms with Crippen LogP contribution >= 0.6 is 0 Å². The van der Waals surface area contributed by atoms with E-state index >= 15 is 0 Å². The van der Waals surface area contributed by atoms with E-state index < -0.39 is 0 Å². The molecule has 0 saturated heterocycles. The molecular weight excluding hydrogens is 248 g/mol. The molecular formula is C18H24O2. The van der Waals surface area contributed by atoms with Gasteiger partial charge in [-0.2, -0.15) is 0 Å². The lowest BCUT2D eigenvalue weighted by Crippen LogP contribution is -2.09. The number of ether oxygens (including phenoxy) is 2. The Morgan fingerprint density at radius 1 is 0.700 bits per heavy atom. The Morgan fingerprint density at radius 3 is 1.45 bits per heavy atom. The molecule has 0 heterocycles. The highest BCUT2D eigenvalue weighted by atomic mass is 16.5. The third kappa shape index (κ3) is 5.79. The van der Waals surface area contributed by atoms with Gasteiger partial charge in [0.2, 0.25) is 0 Å². The fourth-order valence-electron chi connectivity index (χ4n) is 1.73. The predicted molar refractivity (Wildman–Crippen MR) is 84.7 cm³/mol. The number of rotatable bonds is 5. The first-order chi connectivity index (χ1) is 9.74. The van der Waals surface area contributed by atoms with E-state index in [1.165, 1.54) is 11.1 Å². The largest absolute Gasteiger partial charge is 0.490 e. The minimum Gasteiger partial charge on any atom is -0.490 e. The van der Waals surface area contributed by atoms with Gasteiger partial charge in [-0.05, 0) is 49.2 Å². The molecule has 20 heavy (non-hydrogen) atoms. The van der Waals surface area contributed by atoms with Crippen LogP contribution in [0.2, 0.25) is 0 Å². The van der Waals surface area contributed by atoms with Gasteiger partial charge in [0, 0.05) is 0 Å². The van der Waals surface area contributed by atoms with Crippen LogP contribution in [0.3, 0.4) is 0 Å². The number of hydrogen-bond acceptors (Lipinski definition) is 2. The average molecular weight is 272 g/mol. The molecule has 0 aliphatic heterocycles. The Balaban J connectivity index is 0.000000956. The van der Waals surface area contributed by atoms with Gasteiger partial charge in [-0.15, -0.1) is 0 Å². The normalized spacial score (nSPS) is 9.40. The van der Waals surface area contributed by atoms with Crippen molar-refractivity contribution in [3.05, 3.63) is 59.7 Å². The lowest BCUT2D eigenvalue weighted by Gasteiger charge is -2.09.